The van der Waals surface area contributed by atoms with Crippen LogP contribution >= 0.6 is 0 Å². The molecule has 0 aliphatic carbocycles. The lowest BCUT2D eigenvalue weighted by Crippen LogP contribution is -2.60. The lowest BCUT2D eigenvalue weighted by Gasteiger charge is -2.41. The maximum atomic E-state index is 14.0. The van der Waals surface area contributed by atoms with Gasteiger partial charge in [-0.2, -0.15) is 0 Å². The molecular formula is C24H38N2O6. The minimum Gasteiger partial charge on any atom is -0.481 e. The molecule has 0 aromatic heterocycles. The van der Waals surface area contributed by atoms with Crippen LogP contribution in [0.4, 0.5) is 0 Å². The maximum absolute atomic E-state index is 14.0. The number of rotatable bonds is 10. The molecule has 0 radical (unpaired) electrons. The lowest BCUT2D eigenvalue weighted by molar-refractivity contribution is -0.161. The summed E-state index contributed by atoms with van der Waals surface area (Å²) >= 11 is 0. The van der Waals surface area contributed by atoms with E-state index in [1.807, 2.05) is 34.6 Å². The number of carboxylic acids is 1. The summed E-state index contributed by atoms with van der Waals surface area (Å²) < 4.78 is 6.54. The van der Waals surface area contributed by atoms with Crippen molar-refractivity contribution in [2.45, 2.75) is 89.6 Å². The van der Waals surface area contributed by atoms with Crippen LogP contribution in [-0.2, 0) is 19.1 Å². The third kappa shape index (κ3) is 3.46. The number of aliphatic hydroxyl groups excluding tert-OH is 1. The zero-order chi connectivity index (χ0) is 24.0. The first-order valence-electron chi connectivity index (χ1n) is 11.8. The average molecular weight is 451 g/mol. The highest BCUT2D eigenvalue weighted by molar-refractivity contribution is 5.98. The number of hydrogen-bond acceptors (Lipinski definition) is 5. The first kappa shape index (κ1) is 24.7. The van der Waals surface area contributed by atoms with Gasteiger partial charge in [0.1, 0.15) is 17.6 Å². The largest absolute Gasteiger partial charge is 0.481 e. The summed E-state index contributed by atoms with van der Waals surface area (Å²) in [5, 5.41) is 20.3. The molecule has 2 N–H and O–H groups in total. The molecule has 32 heavy (non-hydrogen) atoms. The molecule has 1 spiro atoms. The van der Waals surface area contributed by atoms with Crippen molar-refractivity contribution < 1.29 is 29.3 Å². The van der Waals surface area contributed by atoms with Crippen LogP contribution in [0.2, 0.25) is 0 Å². The zero-order valence-corrected chi connectivity index (χ0v) is 19.9. The second kappa shape index (κ2) is 8.78. The Morgan fingerprint density at radius 3 is 2.44 bits per heavy atom. The molecule has 0 aromatic rings. The van der Waals surface area contributed by atoms with Gasteiger partial charge in [0.25, 0.3) is 0 Å². The summed E-state index contributed by atoms with van der Waals surface area (Å²) in [6.07, 6.45) is 3.57. The number of amides is 2. The van der Waals surface area contributed by atoms with E-state index in [1.54, 1.807) is 11.0 Å². The number of hydrogen-bond donors (Lipinski definition) is 2. The molecule has 3 saturated heterocycles. The van der Waals surface area contributed by atoms with Crippen molar-refractivity contribution in [1.29, 1.82) is 0 Å². The molecular weight excluding hydrogens is 412 g/mol. The molecule has 2 unspecified atom stereocenters. The number of carbonyl (C=O) groups is 3. The summed E-state index contributed by atoms with van der Waals surface area (Å²) in [5.41, 5.74) is -2.13. The van der Waals surface area contributed by atoms with Gasteiger partial charge in [0.2, 0.25) is 11.8 Å². The minimum atomic E-state index is -1.19. The first-order chi connectivity index (χ1) is 15.0. The predicted molar refractivity (Wildman–Crippen MR) is 119 cm³/mol. The summed E-state index contributed by atoms with van der Waals surface area (Å²) in [5.74, 6) is -3.46. The van der Waals surface area contributed by atoms with Crippen molar-refractivity contribution >= 4 is 17.8 Å². The molecule has 8 nitrogen and oxygen atoms in total. The van der Waals surface area contributed by atoms with E-state index in [0.717, 1.165) is 0 Å². The monoisotopic (exact) mass is 450 g/mol. The van der Waals surface area contributed by atoms with Crippen molar-refractivity contribution in [3.8, 4) is 0 Å². The SMILES string of the molecule is C=CCN(C(=O)C1N([C@@H](CO)CC(C)C)C(=O)[C@@H]2[C@@H](C(=O)O)[C@@]3(CC)CCC12O3)C(C)C. The Morgan fingerprint density at radius 1 is 1.31 bits per heavy atom. The molecule has 3 aliphatic heterocycles. The molecule has 180 valence electrons. The number of aliphatic carboxylic acids is 1. The van der Waals surface area contributed by atoms with Crippen LogP contribution in [0.5, 0.6) is 0 Å². The van der Waals surface area contributed by atoms with Crippen LogP contribution in [0.15, 0.2) is 12.7 Å². The standard InChI is InChI=1S/C24H38N2O6/c1-7-11-25(15(5)6)21(29)19-24-10-9-23(8-2,32-24)18(22(30)31)17(24)20(28)26(19)16(13-27)12-14(3)4/h7,14-19,27H,1,8-13H2,2-6H3,(H,30,31)/t16-,17+,18+,19?,23-,24?/m1/s1. The Kier molecular flexibility index (Phi) is 6.78. The predicted octanol–water partition coefficient (Wildman–Crippen LogP) is 2.06. The van der Waals surface area contributed by atoms with Crippen molar-refractivity contribution in [2.75, 3.05) is 13.2 Å². The fraction of sp³-hybridized carbons (Fsp3) is 0.792. The van der Waals surface area contributed by atoms with Gasteiger partial charge >= 0.3 is 5.97 Å². The van der Waals surface area contributed by atoms with Gasteiger partial charge in [0.05, 0.1) is 24.2 Å². The fourth-order valence-electron chi connectivity index (χ4n) is 6.38. The van der Waals surface area contributed by atoms with Crippen molar-refractivity contribution in [3.63, 3.8) is 0 Å². The summed E-state index contributed by atoms with van der Waals surface area (Å²) in [6.45, 7) is 13.4. The van der Waals surface area contributed by atoms with E-state index in [0.29, 0.717) is 32.2 Å². The van der Waals surface area contributed by atoms with Gasteiger partial charge in [0.15, 0.2) is 0 Å². The van der Waals surface area contributed by atoms with Crippen LogP contribution in [0.25, 0.3) is 0 Å². The quantitative estimate of drug-likeness (QED) is 0.494. The number of carboxylic acid groups (broad SMARTS) is 1. The minimum absolute atomic E-state index is 0.139. The Bertz CT molecular complexity index is 782. The van der Waals surface area contributed by atoms with Crippen molar-refractivity contribution in [2.24, 2.45) is 17.8 Å². The van der Waals surface area contributed by atoms with E-state index in [-0.39, 0.29) is 30.4 Å². The van der Waals surface area contributed by atoms with E-state index >= 15 is 0 Å². The van der Waals surface area contributed by atoms with E-state index in [9.17, 15) is 24.6 Å². The molecule has 3 heterocycles. The van der Waals surface area contributed by atoms with Gasteiger partial charge < -0.3 is 24.7 Å². The van der Waals surface area contributed by atoms with Gasteiger partial charge in [0, 0.05) is 12.6 Å². The number of likely N-dealkylation sites (tertiary alicyclic amines) is 1. The fourth-order valence-corrected chi connectivity index (χ4v) is 6.38. The Balaban J connectivity index is 2.17. The lowest BCUT2D eigenvalue weighted by atomic mass is 9.65. The molecule has 3 fully saturated rings. The van der Waals surface area contributed by atoms with E-state index in [2.05, 4.69) is 6.58 Å². The van der Waals surface area contributed by atoms with Crippen LogP contribution in [0.3, 0.4) is 0 Å². The average Bonchev–Trinajstić information content (AvgIpc) is 3.33. The smallest absolute Gasteiger partial charge is 0.310 e. The molecule has 3 rings (SSSR count). The Labute approximate surface area is 190 Å². The summed E-state index contributed by atoms with van der Waals surface area (Å²) in [4.78, 5) is 43.4. The van der Waals surface area contributed by atoms with Crippen LogP contribution in [-0.4, -0.2) is 80.3 Å². The second-order valence-corrected chi connectivity index (χ2v) is 10.3. The van der Waals surface area contributed by atoms with Crippen molar-refractivity contribution in [1.82, 2.24) is 9.80 Å². The number of ether oxygens (including phenoxy) is 1. The molecule has 2 bridgehead atoms. The van der Waals surface area contributed by atoms with E-state index in [1.165, 1.54) is 4.90 Å². The van der Waals surface area contributed by atoms with Gasteiger partial charge in [-0.15, -0.1) is 6.58 Å². The molecule has 3 aliphatic rings. The molecule has 0 saturated carbocycles. The van der Waals surface area contributed by atoms with E-state index in [4.69, 9.17) is 4.74 Å². The van der Waals surface area contributed by atoms with E-state index < -0.39 is 41.1 Å². The van der Waals surface area contributed by atoms with Gasteiger partial charge in [-0.1, -0.05) is 26.8 Å². The van der Waals surface area contributed by atoms with Crippen molar-refractivity contribution in [3.05, 3.63) is 12.7 Å². The molecule has 2 amide bonds. The Hall–Kier alpha value is -1.93. The van der Waals surface area contributed by atoms with Crippen LogP contribution in [0, 0.1) is 17.8 Å². The first-order valence-corrected chi connectivity index (χ1v) is 11.8. The number of nitrogens with zero attached hydrogens (tertiary/aromatic N) is 2. The third-order valence-corrected chi connectivity index (χ3v) is 7.70. The molecule has 8 heteroatoms. The van der Waals surface area contributed by atoms with Gasteiger partial charge in [-0.25, -0.2) is 0 Å². The maximum Gasteiger partial charge on any atom is 0.310 e. The van der Waals surface area contributed by atoms with Crippen LogP contribution in [0.1, 0.15) is 60.3 Å². The second-order valence-electron chi connectivity index (χ2n) is 10.3. The Morgan fingerprint density at radius 2 is 1.97 bits per heavy atom. The topological polar surface area (TPSA) is 107 Å². The summed E-state index contributed by atoms with van der Waals surface area (Å²) in [6, 6.07) is -1.68. The molecule has 6 atom stereocenters. The number of fused-ring (bicyclic) bond motifs is 1. The highest BCUT2D eigenvalue weighted by Crippen LogP contribution is 2.64. The summed E-state index contributed by atoms with van der Waals surface area (Å²) in [7, 11) is 0. The normalized spacial score (nSPS) is 34.3. The van der Waals surface area contributed by atoms with Gasteiger partial charge in [-0.3, -0.25) is 14.4 Å². The zero-order valence-electron chi connectivity index (χ0n) is 19.9. The van der Waals surface area contributed by atoms with Gasteiger partial charge in [-0.05, 0) is 45.4 Å². The molecule has 0 aromatic carbocycles. The highest BCUT2D eigenvalue weighted by Gasteiger charge is 2.79. The third-order valence-electron chi connectivity index (χ3n) is 7.70. The van der Waals surface area contributed by atoms with Crippen LogP contribution < -0.4 is 0 Å². The number of carbonyl (C=O) groups excluding carboxylic acids is 2. The highest BCUT2D eigenvalue weighted by atomic mass is 16.5. The number of aliphatic hydroxyl groups is 1.